The minimum absolute atomic E-state index is 0.297. The number of pyridine rings is 1. The van der Waals surface area contributed by atoms with Gasteiger partial charge >= 0.3 is 6.03 Å². The summed E-state index contributed by atoms with van der Waals surface area (Å²) in [5, 5.41) is 17.1. The minimum Gasteiger partial charge on any atom is -0.382 e. The second-order valence-corrected chi connectivity index (χ2v) is 11.3. The highest BCUT2D eigenvalue weighted by molar-refractivity contribution is 7.22. The number of aliphatic hydroxyl groups is 1. The lowest BCUT2D eigenvalue weighted by Gasteiger charge is -2.30. The van der Waals surface area contributed by atoms with Gasteiger partial charge in [0.15, 0.2) is 11.0 Å². The molecule has 2 fully saturated rings. The zero-order valence-electron chi connectivity index (χ0n) is 22.9. The average Bonchev–Trinajstić information content (AvgIpc) is 3.40. The number of nitrogens with zero attached hydrogens (tertiary/aromatic N) is 5. The smallest absolute Gasteiger partial charge is 0.321 e. The van der Waals surface area contributed by atoms with Crippen LogP contribution in [0.4, 0.5) is 9.93 Å². The molecule has 5 heterocycles. The Kier molecular flexibility index (Phi) is 8.17. The number of rotatable bonds is 7. The topological polar surface area (TPSA) is 135 Å². The van der Waals surface area contributed by atoms with Gasteiger partial charge in [0.05, 0.1) is 29.1 Å². The Morgan fingerprint density at radius 2 is 1.80 bits per heavy atom. The van der Waals surface area contributed by atoms with Crippen molar-refractivity contribution in [3.8, 4) is 22.4 Å². The lowest BCUT2D eigenvalue weighted by atomic mass is 9.93. The van der Waals surface area contributed by atoms with Gasteiger partial charge in [0.25, 0.3) is 0 Å². The van der Waals surface area contributed by atoms with Crippen LogP contribution in [0.3, 0.4) is 0 Å². The number of fused-ring (bicyclic) bond motifs is 1. The average molecular weight is 576 g/mol. The molecule has 11 nitrogen and oxygen atoms in total. The Labute approximate surface area is 242 Å². The van der Waals surface area contributed by atoms with E-state index in [0.29, 0.717) is 43.6 Å². The lowest BCUT2D eigenvalue weighted by Crippen LogP contribution is -2.35. The predicted molar refractivity (Wildman–Crippen MR) is 157 cm³/mol. The first kappa shape index (κ1) is 27.6. The summed E-state index contributed by atoms with van der Waals surface area (Å²) in [4.78, 5) is 33.2. The minimum atomic E-state index is -1.08. The fourth-order valence-corrected chi connectivity index (χ4v) is 6.10. The van der Waals surface area contributed by atoms with Crippen LogP contribution in [0, 0.1) is 0 Å². The van der Waals surface area contributed by atoms with E-state index in [0.717, 1.165) is 71.0 Å². The standard InChI is InChI=1S/C29H33N7O4S/c1-2-30-27(37)35-28-34-24-15-20(21-16-32-26(33-17-21)29(38)4-9-39-10-5-29)14-22(25(24)41-28)23-13-19(3-6-31-23)18-36-7-11-40-12-8-36/h3,6,13-17,38H,2,4-5,7-12,18H2,1H3,(H2,30,34,35,37). The predicted octanol–water partition coefficient (Wildman–Crippen LogP) is 3.79. The van der Waals surface area contributed by atoms with Crippen molar-refractivity contribution in [3.05, 3.63) is 54.2 Å². The van der Waals surface area contributed by atoms with Gasteiger partial charge < -0.3 is 19.9 Å². The maximum Gasteiger partial charge on any atom is 0.321 e. The molecule has 0 spiro atoms. The van der Waals surface area contributed by atoms with E-state index in [1.54, 1.807) is 12.4 Å². The Hall–Kier alpha value is -3.55. The zero-order valence-corrected chi connectivity index (χ0v) is 23.7. The van der Waals surface area contributed by atoms with Crippen LogP contribution < -0.4 is 10.6 Å². The highest BCUT2D eigenvalue weighted by atomic mass is 32.1. The summed E-state index contributed by atoms with van der Waals surface area (Å²) in [6.45, 7) is 7.46. The molecule has 0 saturated carbocycles. The van der Waals surface area contributed by atoms with Crippen LogP contribution in [-0.4, -0.2) is 82.0 Å². The summed E-state index contributed by atoms with van der Waals surface area (Å²) in [6.07, 6.45) is 6.25. The van der Waals surface area contributed by atoms with Crippen molar-refractivity contribution in [1.82, 2.24) is 30.2 Å². The van der Waals surface area contributed by atoms with Crippen molar-refractivity contribution < 1.29 is 19.4 Å². The molecule has 0 radical (unpaired) electrons. The van der Waals surface area contributed by atoms with E-state index in [1.807, 2.05) is 25.3 Å². The normalized spacial score (nSPS) is 17.4. The van der Waals surface area contributed by atoms with Crippen molar-refractivity contribution in [2.45, 2.75) is 31.9 Å². The van der Waals surface area contributed by atoms with Crippen molar-refractivity contribution in [3.63, 3.8) is 0 Å². The molecule has 2 amide bonds. The summed E-state index contributed by atoms with van der Waals surface area (Å²) < 4.78 is 11.8. The van der Waals surface area contributed by atoms with Crippen molar-refractivity contribution in [1.29, 1.82) is 0 Å². The van der Waals surface area contributed by atoms with Gasteiger partial charge in [-0.3, -0.25) is 15.2 Å². The second kappa shape index (κ2) is 12.1. The number of thiazole rings is 1. The Morgan fingerprint density at radius 3 is 2.56 bits per heavy atom. The summed E-state index contributed by atoms with van der Waals surface area (Å²) in [5.74, 6) is 0.408. The summed E-state index contributed by atoms with van der Waals surface area (Å²) in [5.41, 5.74) is 4.22. The Bertz CT molecular complexity index is 1520. The van der Waals surface area contributed by atoms with E-state index in [2.05, 4.69) is 37.6 Å². The number of morpholine rings is 1. The molecule has 0 unspecified atom stereocenters. The van der Waals surface area contributed by atoms with Crippen LogP contribution in [0.1, 0.15) is 31.2 Å². The van der Waals surface area contributed by atoms with Gasteiger partial charge in [-0.1, -0.05) is 11.3 Å². The molecule has 2 aliphatic rings. The van der Waals surface area contributed by atoms with Gasteiger partial charge in [-0.2, -0.15) is 0 Å². The first-order chi connectivity index (χ1) is 20.0. The largest absolute Gasteiger partial charge is 0.382 e. The molecule has 0 bridgehead atoms. The number of hydrogen-bond donors (Lipinski definition) is 3. The zero-order chi connectivity index (χ0) is 28.2. The number of nitrogens with one attached hydrogen (secondary N) is 2. The van der Waals surface area contributed by atoms with E-state index in [1.165, 1.54) is 11.3 Å². The van der Waals surface area contributed by atoms with Crippen LogP contribution in [0.2, 0.25) is 0 Å². The van der Waals surface area contributed by atoms with Gasteiger partial charge in [0, 0.05) is 82.0 Å². The maximum atomic E-state index is 12.2. The maximum absolute atomic E-state index is 12.2. The number of amides is 2. The monoisotopic (exact) mass is 575 g/mol. The Morgan fingerprint density at radius 1 is 1.05 bits per heavy atom. The number of carbonyl (C=O) groups is 1. The molecule has 214 valence electrons. The quantitative estimate of drug-likeness (QED) is 0.301. The number of benzene rings is 1. The molecule has 0 atom stereocenters. The molecule has 0 aliphatic carbocycles. The molecule has 4 aromatic rings. The first-order valence-electron chi connectivity index (χ1n) is 13.9. The number of aromatic nitrogens is 4. The molecule has 3 N–H and O–H groups in total. The van der Waals surface area contributed by atoms with Gasteiger partial charge in [0.2, 0.25) is 0 Å². The summed E-state index contributed by atoms with van der Waals surface area (Å²) in [6, 6.07) is 7.90. The first-order valence-corrected chi connectivity index (χ1v) is 14.7. The van der Waals surface area contributed by atoms with Crippen molar-refractivity contribution in [2.24, 2.45) is 0 Å². The third-order valence-corrected chi connectivity index (χ3v) is 8.40. The van der Waals surface area contributed by atoms with Crippen LogP contribution in [0.5, 0.6) is 0 Å². The SMILES string of the molecule is CCNC(=O)Nc1nc2cc(-c3cnc(C4(O)CCOCC4)nc3)cc(-c3cc(CN4CCOCC4)ccn3)c2s1. The van der Waals surface area contributed by atoms with Crippen molar-refractivity contribution in [2.75, 3.05) is 51.4 Å². The van der Waals surface area contributed by atoms with Gasteiger partial charge in [-0.25, -0.2) is 19.7 Å². The molecule has 41 heavy (non-hydrogen) atoms. The van der Waals surface area contributed by atoms with E-state index in [-0.39, 0.29) is 6.03 Å². The van der Waals surface area contributed by atoms with Crippen LogP contribution in [0.25, 0.3) is 32.6 Å². The van der Waals surface area contributed by atoms with Crippen molar-refractivity contribution >= 4 is 32.7 Å². The third kappa shape index (κ3) is 6.21. The number of anilines is 1. The second-order valence-electron chi connectivity index (χ2n) is 10.3. The molecule has 2 aliphatic heterocycles. The molecular formula is C29H33N7O4S. The molecule has 12 heteroatoms. The Balaban J connectivity index is 1.38. The number of carbonyl (C=O) groups excluding carboxylic acids is 1. The van der Waals surface area contributed by atoms with Gasteiger partial charge in [-0.05, 0) is 42.3 Å². The highest BCUT2D eigenvalue weighted by Gasteiger charge is 2.34. The lowest BCUT2D eigenvalue weighted by molar-refractivity contribution is -0.0733. The molecular weight excluding hydrogens is 542 g/mol. The molecule has 6 rings (SSSR count). The fraction of sp³-hybridized carbons (Fsp3) is 0.414. The molecule has 1 aromatic carbocycles. The van der Waals surface area contributed by atoms with E-state index >= 15 is 0 Å². The third-order valence-electron chi connectivity index (χ3n) is 7.38. The fourth-order valence-electron chi connectivity index (χ4n) is 5.13. The van der Waals surface area contributed by atoms with Gasteiger partial charge in [-0.15, -0.1) is 0 Å². The van der Waals surface area contributed by atoms with Crippen LogP contribution >= 0.6 is 11.3 Å². The molecule has 2 saturated heterocycles. The summed E-state index contributed by atoms with van der Waals surface area (Å²) in [7, 11) is 0. The number of hydrogen-bond acceptors (Lipinski definition) is 10. The summed E-state index contributed by atoms with van der Waals surface area (Å²) >= 11 is 1.41. The van der Waals surface area contributed by atoms with E-state index in [4.69, 9.17) is 19.4 Å². The molecule has 3 aromatic heterocycles. The highest BCUT2D eigenvalue weighted by Crippen LogP contribution is 2.38. The van der Waals surface area contributed by atoms with Gasteiger partial charge in [0.1, 0.15) is 5.60 Å². The van der Waals surface area contributed by atoms with Crippen LogP contribution in [-0.2, 0) is 21.6 Å². The van der Waals surface area contributed by atoms with E-state index in [9.17, 15) is 9.90 Å². The van der Waals surface area contributed by atoms with Crippen LogP contribution in [0.15, 0.2) is 42.9 Å². The van der Waals surface area contributed by atoms with E-state index < -0.39 is 5.60 Å². The number of ether oxygens (including phenoxy) is 2. The number of urea groups is 1.